The van der Waals surface area contributed by atoms with Crippen molar-refractivity contribution in [1.82, 2.24) is 4.90 Å². The first-order valence-corrected chi connectivity index (χ1v) is 9.38. The van der Waals surface area contributed by atoms with Crippen molar-refractivity contribution in [3.63, 3.8) is 0 Å². The summed E-state index contributed by atoms with van der Waals surface area (Å²) in [5.41, 5.74) is 3.89. The molecule has 0 aliphatic rings. The summed E-state index contributed by atoms with van der Waals surface area (Å²) >= 11 is 0. The lowest BCUT2D eigenvalue weighted by molar-refractivity contribution is -0.109. The zero-order valence-corrected chi connectivity index (χ0v) is 17.0. The molecular formula is C23H32ClNO. The number of carbonyl (C=O) groups excluding carboxylic acids is 1. The summed E-state index contributed by atoms with van der Waals surface area (Å²) in [7, 11) is 2.17. The van der Waals surface area contributed by atoms with Crippen LogP contribution in [0.2, 0.25) is 0 Å². The zero-order chi connectivity index (χ0) is 18.1. The van der Waals surface area contributed by atoms with Gasteiger partial charge in [-0.25, -0.2) is 0 Å². The van der Waals surface area contributed by atoms with Gasteiger partial charge in [-0.3, -0.25) is 0 Å². The second-order valence-electron chi connectivity index (χ2n) is 7.21. The fraction of sp³-hybridized carbons (Fsp3) is 0.435. The van der Waals surface area contributed by atoms with Gasteiger partial charge in [-0.1, -0.05) is 68.4 Å². The summed E-state index contributed by atoms with van der Waals surface area (Å²) in [5, 5.41) is 0. The smallest absolute Gasteiger partial charge is 0.127 e. The summed E-state index contributed by atoms with van der Waals surface area (Å²) in [5.74, 6) is 0.466. The van der Waals surface area contributed by atoms with E-state index >= 15 is 0 Å². The van der Waals surface area contributed by atoms with Crippen molar-refractivity contribution in [3.05, 3.63) is 71.3 Å². The largest absolute Gasteiger partial charge is 0.306 e. The molecule has 0 amide bonds. The van der Waals surface area contributed by atoms with Crippen LogP contribution in [0, 0.1) is 0 Å². The van der Waals surface area contributed by atoms with Crippen LogP contribution >= 0.6 is 12.4 Å². The van der Waals surface area contributed by atoms with Crippen molar-refractivity contribution in [2.75, 3.05) is 20.1 Å². The van der Waals surface area contributed by atoms with Crippen molar-refractivity contribution < 1.29 is 4.79 Å². The Morgan fingerprint density at radius 3 is 2.15 bits per heavy atom. The van der Waals surface area contributed by atoms with Gasteiger partial charge in [0.2, 0.25) is 0 Å². The molecule has 142 valence electrons. The van der Waals surface area contributed by atoms with E-state index in [0.717, 1.165) is 38.6 Å². The predicted octanol–water partition coefficient (Wildman–Crippen LogP) is 5.47. The number of nitrogens with zero attached hydrogens (tertiary/aromatic N) is 1. The fourth-order valence-corrected chi connectivity index (χ4v) is 3.33. The van der Waals surface area contributed by atoms with Crippen LogP contribution in [0.3, 0.4) is 0 Å². The summed E-state index contributed by atoms with van der Waals surface area (Å²) in [6.45, 7) is 6.47. The van der Waals surface area contributed by atoms with Gasteiger partial charge in [0.15, 0.2) is 0 Å². The van der Waals surface area contributed by atoms with E-state index in [1.54, 1.807) is 0 Å². The molecule has 2 rings (SSSR count). The van der Waals surface area contributed by atoms with Crippen LogP contribution in [0.25, 0.3) is 0 Å². The third-order valence-electron chi connectivity index (χ3n) is 4.86. The highest BCUT2D eigenvalue weighted by Crippen LogP contribution is 2.28. The van der Waals surface area contributed by atoms with E-state index in [4.69, 9.17) is 0 Å². The van der Waals surface area contributed by atoms with Crippen molar-refractivity contribution in [1.29, 1.82) is 0 Å². The molecule has 0 spiro atoms. The van der Waals surface area contributed by atoms with E-state index in [9.17, 15) is 4.79 Å². The van der Waals surface area contributed by atoms with Crippen molar-refractivity contribution in [2.24, 2.45) is 0 Å². The Morgan fingerprint density at radius 2 is 1.54 bits per heavy atom. The number of benzene rings is 2. The number of hydrogen-bond acceptors (Lipinski definition) is 2. The number of rotatable bonds is 10. The van der Waals surface area contributed by atoms with Gasteiger partial charge in [0.25, 0.3) is 0 Å². The normalized spacial score (nSPS) is 12.0. The lowest BCUT2D eigenvalue weighted by Gasteiger charge is -2.20. The highest BCUT2D eigenvalue weighted by molar-refractivity contribution is 5.85. The molecule has 2 aromatic carbocycles. The average Bonchev–Trinajstić information content (AvgIpc) is 2.64. The highest BCUT2D eigenvalue weighted by atomic mass is 35.5. The highest BCUT2D eigenvalue weighted by Gasteiger charge is 2.16. The Balaban J connectivity index is 0.00000338. The van der Waals surface area contributed by atoms with E-state index in [1.807, 2.05) is 6.07 Å². The minimum atomic E-state index is 0. The Bertz CT molecular complexity index is 642. The molecule has 0 fully saturated rings. The molecule has 0 aromatic heterocycles. The molecule has 0 heterocycles. The lowest BCUT2D eigenvalue weighted by Crippen LogP contribution is -2.23. The van der Waals surface area contributed by atoms with Gasteiger partial charge in [0.05, 0.1) is 0 Å². The molecular weight excluding hydrogens is 342 g/mol. The minimum Gasteiger partial charge on any atom is -0.306 e. The molecule has 0 N–H and O–H groups in total. The monoisotopic (exact) mass is 373 g/mol. The average molecular weight is 374 g/mol. The SMILES string of the molecule is CC(C)c1ccccc1[C@H](C=O)CCCN(C)CCc1ccccc1.Cl. The van der Waals surface area contributed by atoms with Crippen LogP contribution in [0.1, 0.15) is 55.2 Å². The topological polar surface area (TPSA) is 20.3 Å². The summed E-state index contributed by atoms with van der Waals surface area (Å²) in [4.78, 5) is 14.0. The van der Waals surface area contributed by atoms with Gasteiger partial charge in [-0.15, -0.1) is 12.4 Å². The van der Waals surface area contributed by atoms with E-state index < -0.39 is 0 Å². The van der Waals surface area contributed by atoms with E-state index in [2.05, 4.69) is 74.3 Å². The van der Waals surface area contributed by atoms with Crippen LogP contribution in [-0.2, 0) is 11.2 Å². The summed E-state index contributed by atoms with van der Waals surface area (Å²) < 4.78 is 0. The van der Waals surface area contributed by atoms with Crippen molar-refractivity contribution in [3.8, 4) is 0 Å². The molecule has 3 heteroatoms. The van der Waals surface area contributed by atoms with Crippen molar-refractivity contribution >= 4 is 18.7 Å². The summed E-state index contributed by atoms with van der Waals surface area (Å²) in [6, 6.07) is 19.0. The molecule has 0 saturated heterocycles. The second-order valence-corrected chi connectivity index (χ2v) is 7.21. The first-order chi connectivity index (χ1) is 12.1. The maximum atomic E-state index is 11.7. The molecule has 0 radical (unpaired) electrons. The van der Waals surface area contributed by atoms with E-state index in [0.29, 0.717) is 5.92 Å². The molecule has 0 aliphatic carbocycles. The quantitative estimate of drug-likeness (QED) is 0.515. The third kappa shape index (κ3) is 6.93. The Labute approximate surface area is 165 Å². The van der Waals surface area contributed by atoms with Crippen LogP contribution < -0.4 is 0 Å². The van der Waals surface area contributed by atoms with Crippen molar-refractivity contribution in [2.45, 2.75) is 44.9 Å². The number of hydrogen-bond donors (Lipinski definition) is 0. The fourth-order valence-electron chi connectivity index (χ4n) is 3.33. The van der Waals surface area contributed by atoms with Gasteiger partial charge in [0.1, 0.15) is 6.29 Å². The lowest BCUT2D eigenvalue weighted by atomic mass is 9.87. The van der Waals surface area contributed by atoms with Crippen LogP contribution in [0.5, 0.6) is 0 Å². The molecule has 0 unspecified atom stereocenters. The van der Waals surface area contributed by atoms with Crippen LogP contribution in [-0.4, -0.2) is 31.3 Å². The Hall–Kier alpha value is -1.64. The molecule has 2 nitrogen and oxygen atoms in total. The Kier molecular flexibility index (Phi) is 10.2. The van der Waals surface area contributed by atoms with Crippen LogP contribution in [0.15, 0.2) is 54.6 Å². The zero-order valence-electron chi connectivity index (χ0n) is 16.2. The molecule has 1 atom stereocenters. The first kappa shape index (κ1) is 22.4. The number of likely N-dealkylation sites (N-methyl/N-ethyl adjacent to an activating group) is 1. The molecule has 26 heavy (non-hydrogen) atoms. The van der Waals surface area contributed by atoms with E-state index in [1.165, 1.54) is 16.7 Å². The van der Waals surface area contributed by atoms with Gasteiger partial charge in [-0.2, -0.15) is 0 Å². The standard InChI is InChI=1S/C23H31NO.ClH/c1-19(2)22-13-7-8-14-23(22)21(18-25)12-9-16-24(3)17-15-20-10-5-4-6-11-20;/h4-8,10-11,13-14,18-19,21H,9,12,15-17H2,1-3H3;1H/t21-;/m0./s1. The first-order valence-electron chi connectivity index (χ1n) is 9.38. The Morgan fingerprint density at radius 1 is 0.923 bits per heavy atom. The molecule has 0 aliphatic heterocycles. The predicted molar refractivity (Wildman–Crippen MR) is 113 cm³/mol. The second kappa shape index (κ2) is 11.9. The molecule has 0 saturated carbocycles. The van der Waals surface area contributed by atoms with Gasteiger partial charge in [-0.05, 0) is 55.5 Å². The number of carbonyl (C=O) groups is 1. The summed E-state index contributed by atoms with van der Waals surface area (Å²) in [6.07, 6.45) is 4.17. The maximum absolute atomic E-state index is 11.7. The molecule has 0 bridgehead atoms. The van der Waals surface area contributed by atoms with Crippen LogP contribution in [0.4, 0.5) is 0 Å². The minimum absolute atomic E-state index is 0. The number of aldehydes is 1. The van der Waals surface area contributed by atoms with Gasteiger partial charge >= 0.3 is 0 Å². The van der Waals surface area contributed by atoms with E-state index in [-0.39, 0.29) is 18.3 Å². The maximum Gasteiger partial charge on any atom is 0.127 e. The van der Waals surface area contributed by atoms with Gasteiger partial charge < -0.3 is 9.69 Å². The molecule has 2 aromatic rings. The third-order valence-corrected chi connectivity index (χ3v) is 4.86. The van der Waals surface area contributed by atoms with Gasteiger partial charge in [0, 0.05) is 12.5 Å². The number of halogens is 1.